The predicted octanol–water partition coefficient (Wildman–Crippen LogP) is 5.28. The van der Waals surface area contributed by atoms with Gasteiger partial charge in [0.15, 0.2) is 0 Å². The molecule has 1 aromatic heterocycles. The lowest BCUT2D eigenvalue weighted by Gasteiger charge is -2.12. The van der Waals surface area contributed by atoms with Gasteiger partial charge in [0.1, 0.15) is 5.82 Å². The maximum atomic E-state index is 4.70. The quantitative estimate of drug-likeness (QED) is 0.581. The molecule has 0 aliphatic carbocycles. The highest BCUT2D eigenvalue weighted by Crippen LogP contribution is 2.24. The lowest BCUT2D eigenvalue weighted by atomic mass is 10.2. The van der Waals surface area contributed by atoms with Crippen molar-refractivity contribution in [1.82, 2.24) is 9.97 Å². The maximum absolute atomic E-state index is 4.70. The van der Waals surface area contributed by atoms with Crippen molar-refractivity contribution in [3.63, 3.8) is 0 Å². The average molecular weight is 320 g/mol. The molecule has 0 aliphatic heterocycles. The molecule has 0 atom stereocenters. The summed E-state index contributed by atoms with van der Waals surface area (Å²) in [6.07, 6.45) is 3.59. The van der Waals surface area contributed by atoms with E-state index in [0.29, 0.717) is 5.95 Å². The Hall–Kier alpha value is -2.62. The number of nitrogens with one attached hydrogen (secondary N) is 2. The normalized spacial score (nSPS) is 10.8. The molecule has 0 bridgehead atoms. The van der Waals surface area contributed by atoms with E-state index in [1.165, 1.54) is 18.4 Å². The first-order valence-electron chi connectivity index (χ1n) is 8.61. The average Bonchev–Trinajstić information content (AvgIpc) is 2.60. The van der Waals surface area contributed by atoms with Crippen LogP contribution in [0.1, 0.15) is 31.7 Å². The molecule has 0 fully saturated rings. The number of aromatic nitrogens is 2. The Balaban J connectivity index is 1.89. The summed E-state index contributed by atoms with van der Waals surface area (Å²) in [5.74, 6) is 1.52. The smallest absolute Gasteiger partial charge is 0.229 e. The molecule has 1 heterocycles. The first-order valence-corrected chi connectivity index (χ1v) is 8.61. The van der Waals surface area contributed by atoms with Gasteiger partial charge in [0.25, 0.3) is 0 Å². The van der Waals surface area contributed by atoms with E-state index in [9.17, 15) is 0 Å². The van der Waals surface area contributed by atoms with E-state index in [2.05, 4.69) is 41.6 Å². The fourth-order valence-electron chi connectivity index (χ4n) is 2.68. The first kappa shape index (κ1) is 16.2. The molecule has 2 aromatic carbocycles. The number of benzene rings is 2. The van der Waals surface area contributed by atoms with Crippen molar-refractivity contribution in [1.29, 1.82) is 0 Å². The zero-order valence-electron chi connectivity index (χ0n) is 14.3. The Kier molecular flexibility index (Phi) is 5.26. The zero-order chi connectivity index (χ0) is 16.8. The van der Waals surface area contributed by atoms with Crippen LogP contribution in [0.25, 0.3) is 10.9 Å². The fraction of sp³-hybridized carbons (Fsp3) is 0.300. The van der Waals surface area contributed by atoms with Gasteiger partial charge in [0, 0.05) is 17.6 Å². The molecule has 0 saturated carbocycles. The van der Waals surface area contributed by atoms with Gasteiger partial charge in [-0.1, -0.05) is 50.1 Å². The Morgan fingerprint density at radius 2 is 1.71 bits per heavy atom. The van der Waals surface area contributed by atoms with Gasteiger partial charge in [-0.15, -0.1) is 0 Å². The highest BCUT2D eigenvalue weighted by molar-refractivity contribution is 5.90. The topological polar surface area (TPSA) is 49.8 Å². The molecule has 0 saturated heterocycles. The molecule has 2 N–H and O–H groups in total. The van der Waals surface area contributed by atoms with Crippen LogP contribution in [-0.2, 0) is 0 Å². The third-order valence-electron chi connectivity index (χ3n) is 4.07. The van der Waals surface area contributed by atoms with E-state index in [4.69, 9.17) is 4.98 Å². The largest absolute Gasteiger partial charge is 0.369 e. The number of anilines is 3. The number of para-hydroxylation sites is 2. The number of fused-ring (bicyclic) bond motifs is 1. The second-order valence-electron chi connectivity index (χ2n) is 5.99. The molecule has 24 heavy (non-hydrogen) atoms. The van der Waals surface area contributed by atoms with E-state index in [-0.39, 0.29) is 0 Å². The van der Waals surface area contributed by atoms with Crippen molar-refractivity contribution < 1.29 is 0 Å². The summed E-state index contributed by atoms with van der Waals surface area (Å²) in [5.41, 5.74) is 3.15. The Labute approximate surface area is 143 Å². The number of hydrogen-bond donors (Lipinski definition) is 2. The monoisotopic (exact) mass is 320 g/mol. The van der Waals surface area contributed by atoms with Gasteiger partial charge in [-0.2, -0.15) is 4.98 Å². The van der Waals surface area contributed by atoms with Crippen molar-refractivity contribution in [2.24, 2.45) is 0 Å². The van der Waals surface area contributed by atoms with Crippen LogP contribution in [0.3, 0.4) is 0 Å². The predicted molar refractivity (Wildman–Crippen MR) is 102 cm³/mol. The number of aryl methyl sites for hydroxylation is 1. The minimum absolute atomic E-state index is 0.626. The lowest BCUT2D eigenvalue weighted by Crippen LogP contribution is -2.07. The Morgan fingerprint density at radius 3 is 2.54 bits per heavy atom. The summed E-state index contributed by atoms with van der Waals surface area (Å²) in [6, 6.07) is 16.3. The van der Waals surface area contributed by atoms with Crippen LogP contribution in [0.5, 0.6) is 0 Å². The number of nitrogens with zero attached hydrogens (tertiary/aromatic N) is 2. The van der Waals surface area contributed by atoms with E-state index >= 15 is 0 Å². The summed E-state index contributed by atoms with van der Waals surface area (Å²) >= 11 is 0. The third-order valence-corrected chi connectivity index (χ3v) is 4.07. The van der Waals surface area contributed by atoms with E-state index in [1.807, 2.05) is 36.4 Å². The summed E-state index contributed by atoms with van der Waals surface area (Å²) in [5, 5.41) is 7.88. The molecule has 0 unspecified atom stereocenters. The Morgan fingerprint density at radius 1 is 0.917 bits per heavy atom. The van der Waals surface area contributed by atoms with Crippen LogP contribution >= 0.6 is 0 Å². The van der Waals surface area contributed by atoms with Crippen molar-refractivity contribution >= 4 is 28.4 Å². The second-order valence-corrected chi connectivity index (χ2v) is 5.99. The van der Waals surface area contributed by atoms with E-state index in [0.717, 1.165) is 35.4 Å². The molecule has 4 nitrogen and oxygen atoms in total. The van der Waals surface area contributed by atoms with E-state index < -0.39 is 0 Å². The summed E-state index contributed by atoms with van der Waals surface area (Å²) in [6.45, 7) is 5.22. The molecule has 3 aromatic rings. The van der Waals surface area contributed by atoms with Gasteiger partial charge in [-0.3, -0.25) is 0 Å². The van der Waals surface area contributed by atoms with Crippen LogP contribution in [0.15, 0.2) is 48.5 Å². The molecule has 0 radical (unpaired) electrons. The fourth-order valence-corrected chi connectivity index (χ4v) is 2.68. The standard InChI is InChI=1S/C20H24N4/c1-3-4-9-14-21-19-16-11-6-8-13-18(16)23-20(24-19)22-17-12-7-5-10-15(17)2/h5-8,10-13H,3-4,9,14H2,1-2H3,(H2,21,22,23,24). The molecule has 124 valence electrons. The van der Waals surface area contributed by atoms with Crippen LogP contribution in [0.2, 0.25) is 0 Å². The Bertz CT molecular complexity index is 814. The minimum Gasteiger partial charge on any atom is -0.369 e. The molecular weight excluding hydrogens is 296 g/mol. The molecule has 0 aliphatic rings. The number of unbranched alkanes of at least 4 members (excludes halogenated alkanes) is 2. The van der Waals surface area contributed by atoms with Crippen molar-refractivity contribution in [3.8, 4) is 0 Å². The van der Waals surface area contributed by atoms with Crippen molar-refractivity contribution in [2.75, 3.05) is 17.2 Å². The van der Waals surface area contributed by atoms with Crippen LogP contribution in [0.4, 0.5) is 17.5 Å². The van der Waals surface area contributed by atoms with E-state index in [1.54, 1.807) is 0 Å². The molecular formula is C20H24N4. The molecule has 3 rings (SSSR count). The highest BCUT2D eigenvalue weighted by atomic mass is 15.1. The van der Waals surface area contributed by atoms with Gasteiger partial charge >= 0.3 is 0 Å². The van der Waals surface area contributed by atoms with Gasteiger partial charge < -0.3 is 10.6 Å². The molecule has 0 amide bonds. The number of hydrogen-bond acceptors (Lipinski definition) is 4. The van der Waals surface area contributed by atoms with Crippen LogP contribution in [0, 0.1) is 6.92 Å². The van der Waals surface area contributed by atoms with Crippen LogP contribution < -0.4 is 10.6 Å². The SMILES string of the molecule is CCCCCNc1nc(Nc2ccccc2C)nc2ccccc12. The summed E-state index contributed by atoms with van der Waals surface area (Å²) in [4.78, 5) is 9.36. The minimum atomic E-state index is 0.626. The van der Waals surface area contributed by atoms with Crippen molar-refractivity contribution in [2.45, 2.75) is 33.1 Å². The third kappa shape index (κ3) is 3.82. The zero-order valence-corrected chi connectivity index (χ0v) is 14.3. The van der Waals surface area contributed by atoms with Gasteiger partial charge in [-0.25, -0.2) is 4.98 Å². The highest BCUT2D eigenvalue weighted by Gasteiger charge is 2.08. The first-order chi connectivity index (χ1) is 11.8. The summed E-state index contributed by atoms with van der Waals surface area (Å²) in [7, 11) is 0. The van der Waals surface area contributed by atoms with Crippen molar-refractivity contribution in [3.05, 3.63) is 54.1 Å². The number of rotatable bonds is 7. The second kappa shape index (κ2) is 7.77. The van der Waals surface area contributed by atoms with Crippen LogP contribution in [-0.4, -0.2) is 16.5 Å². The summed E-state index contributed by atoms with van der Waals surface area (Å²) < 4.78 is 0. The molecule has 4 heteroatoms. The lowest BCUT2D eigenvalue weighted by molar-refractivity contribution is 0.743. The maximum Gasteiger partial charge on any atom is 0.229 e. The van der Waals surface area contributed by atoms with Gasteiger partial charge in [0.2, 0.25) is 5.95 Å². The van der Waals surface area contributed by atoms with Gasteiger partial charge in [0.05, 0.1) is 5.52 Å². The van der Waals surface area contributed by atoms with Gasteiger partial charge in [-0.05, 0) is 37.1 Å². The molecule has 0 spiro atoms.